The number of rotatable bonds is 9. The van der Waals surface area contributed by atoms with Gasteiger partial charge in [-0.25, -0.2) is 0 Å². The van der Waals surface area contributed by atoms with Gasteiger partial charge in [0.25, 0.3) is 0 Å². The number of hydrogen-bond donors (Lipinski definition) is 0. The van der Waals surface area contributed by atoms with Crippen LogP contribution < -0.4 is 4.74 Å². The van der Waals surface area contributed by atoms with Crippen molar-refractivity contribution in [3.8, 4) is 17.6 Å². The number of esters is 1. The van der Waals surface area contributed by atoms with E-state index in [-0.39, 0.29) is 16.3 Å². The van der Waals surface area contributed by atoms with Crippen molar-refractivity contribution in [3.05, 3.63) is 70.7 Å². The zero-order valence-corrected chi connectivity index (χ0v) is 18.7. The maximum Gasteiger partial charge on any atom is 0.311 e. The fraction of sp³-hybridized carbons (Fsp3) is 0.333. The second-order valence-corrected chi connectivity index (χ2v) is 8.49. The van der Waals surface area contributed by atoms with Gasteiger partial charge < -0.3 is 9.47 Å². The molecule has 6 heteroatoms. The smallest absolute Gasteiger partial charge is 0.311 e. The molecule has 0 aliphatic carbocycles. The molecule has 0 aliphatic rings. The molecule has 0 N–H and O–H groups in total. The summed E-state index contributed by atoms with van der Waals surface area (Å²) in [5.41, 5.74) is 0.543. The van der Waals surface area contributed by atoms with Gasteiger partial charge in [0.15, 0.2) is 0 Å². The summed E-state index contributed by atoms with van der Waals surface area (Å²) in [6.45, 7) is 5.89. The van der Waals surface area contributed by atoms with E-state index in [1.807, 2.05) is 51.1 Å². The molecule has 0 aliphatic heterocycles. The van der Waals surface area contributed by atoms with Crippen molar-refractivity contribution in [1.82, 2.24) is 0 Å². The van der Waals surface area contributed by atoms with Crippen molar-refractivity contribution < 1.29 is 14.3 Å². The highest BCUT2D eigenvalue weighted by Gasteiger charge is 2.29. The standard InChI is InChI=1S/C24H25Cl2NO3/c1-16(2)12-21(17(3)13-23(25)26)24(28)30-22(15-27)18-8-7-11-20(14-18)29-19-9-5-4-6-10-19/h4-11,13-14,16-17,21-22H,12H2,1-3H3. The number of ether oxygens (including phenoxy) is 2. The molecule has 0 aromatic heterocycles. The topological polar surface area (TPSA) is 59.3 Å². The lowest BCUT2D eigenvalue weighted by Gasteiger charge is -2.23. The van der Waals surface area contributed by atoms with Crippen LogP contribution in [0, 0.1) is 29.1 Å². The number of halogens is 2. The van der Waals surface area contributed by atoms with E-state index in [2.05, 4.69) is 6.07 Å². The van der Waals surface area contributed by atoms with Crippen molar-refractivity contribution >= 4 is 29.2 Å². The Balaban J connectivity index is 2.18. The van der Waals surface area contributed by atoms with E-state index in [9.17, 15) is 10.1 Å². The molecule has 2 aromatic rings. The van der Waals surface area contributed by atoms with Crippen molar-refractivity contribution in [2.75, 3.05) is 0 Å². The molecule has 30 heavy (non-hydrogen) atoms. The average Bonchev–Trinajstić information content (AvgIpc) is 2.70. The number of para-hydroxylation sites is 1. The van der Waals surface area contributed by atoms with Crippen LogP contribution >= 0.6 is 23.2 Å². The average molecular weight is 446 g/mol. The van der Waals surface area contributed by atoms with Gasteiger partial charge in [0, 0.05) is 5.56 Å². The van der Waals surface area contributed by atoms with E-state index in [4.69, 9.17) is 32.7 Å². The summed E-state index contributed by atoms with van der Waals surface area (Å²) in [4.78, 5) is 12.9. The summed E-state index contributed by atoms with van der Waals surface area (Å²) in [5.74, 6) is 0.349. The second kappa shape index (κ2) is 11.6. The summed E-state index contributed by atoms with van der Waals surface area (Å²) in [5, 5.41) is 9.63. The lowest BCUT2D eigenvalue weighted by Crippen LogP contribution is -2.26. The molecular formula is C24H25Cl2NO3. The molecule has 0 heterocycles. The lowest BCUT2D eigenvalue weighted by atomic mass is 9.86. The number of benzene rings is 2. The van der Waals surface area contributed by atoms with E-state index >= 15 is 0 Å². The van der Waals surface area contributed by atoms with Crippen molar-refractivity contribution in [2.45, 2.75) is 33.3 Å². The number of hydrogen-bond acceptors (Lipinski definition) is 4. The maximum atomic E-state index is 12.9. The van der Waals surface area contributed by atoms with Gasteiger partial charge in [-0.1, -0.05) is 80.4 Å². The minimum atomic E-state index is -1.05. The van der Waals surface area contributed by atoms with Gasteiger partial charge in [-0.3, -0.25) is 4.79 Å². The van der Waals surface area contributed by atoms with Crippen LogP contribution in [0.5, 0.6) is 11.5 Å². The highest BCUT2D eigenvalue weighted by atomic mass is 35.5. The van der Waals surface area contributed by atoms with Crippen LogP contribution in [0.15, 0.2) is 65.2 Å². The Morgan fingerprint density at radius 3 is 2.33 bits per heavy atom. The van der Waals surface area contributed by atoms with E-state index in [1.165, 1.54) is 0 Å². The van der Waals surface area contributed by atoms with E-state index in [0.29, 0.717) is 23.5 Å². The second-order valence-electron chi connectivity index (χ2n) is 7.49. The molecule has 158 valence electrons. The highest BCUT2D eigenvalue weighted by Crippen LogP contribution is 2.30. The SMILES string of the molecule is CC(C)CC(C(=O)OC(C#N)c1cccc(Oc2ccccc2)c1)C(C)C=C(Cl)Cl. The predicted molar refractivity (Wildman–Crippen MR) is 119 cm³/mol. The molecule has 0 bridgehead atoms. The fourth-order valence-corrected chi connectivity index (χ4v) is 3.48. The van der Waals surface area contributed by atoms with Gasteiger partial charge in [0.05, 0.1) is 5.92 Å². The third-order valence-corrected chi connectivity index (χ3v) is 4.79. The summed E-state index contributed by atoms with van der Waals surface area (Å²) >= 11 is 11.6. The van der Waals surface area contributed by atoms with Crippen LogP contribution in [-0.2, 0) is 9.53 Å². The summed E-state index contributed by atoms with van der Waals surface area (Å²) in [7, 11) is 0. The van der Waals surface area contributed by atoms with Gasteiger partial charge in [-0.2, -0.15) is 5.26 Å². The first-order valence-corrected chi connectivity index (χ1v) is 10.5. The Bertz CT molecular complexity index is 902. The molecule has 0 saturated heterocycles. The monoisotopic (exact) mass is 445 g/mol. The maximum absolute atomic E-state index is 12.9. The minimum Gasteiger partial charge on any atom is -0.457 e. The number of allylic oxidation sites excluding steroid dienone is 1. The van der Waals surface area contributed by atoms with Gasteiger partial charge in [-0.05, 0) is 42.5 Å². The largest absolute Gasteiger partial charge is 0.457 e. The third-order valence-electron chi connectivity index (χ3n) is 4.54. The summed E-state index contributed by atoms with van der Waals surface area (Å²) in [6.07, 6.45) is 1.16. The predicted octanol–water partition coefficient (Wildman–Crippen LogP) is 7.20. The van der Waals surface area contributed by atoms with Crippen molar-refractivity contribution in [3.63, 3.8) is 0 Å². The first kappa shape index (κ1) is 23.8. The van der Waals surface area contributed by atoms with E-state index in [0.717, 1.165) is 0 Å². The molecule has 0 amide bonds. The molecule has 3 atom stereocenters. The minimum absolute atomic E-state index is 0.103. The zero-order chi connectivity index (χ0) is 22.1. The van der Waals surface area contributed by atoms with Crippen LogP contribution in [0.4, 0.5) is 0 Å². The molecule has 0 spiro atoms. The molecule has 0 saturated carbocycles. The quantitative estimate of drug-likeness (QED) is 0.382. The summed E-state index contributed by atoms with van der Waals surface area (Å²) in [6, 6.07) is 18.3. The van der Waals surface area contributed by atoms with Crippen LogP contribution in [0.25, 0.3) is 0 Å². The van der Waals surface area contributed by atoms with E-state index in [1.54, 1.807) is 30.3 Å². The first-order valence-electron chi connectivity index (χ1n) is 9.76. The Morgan fingerprint density at radius 1 is 1.07 bits per heavy atom. The van der Waals surface area contributed by atoms with Crippen molar-refractivity contribution in [1.29, 1.82) is 5.26 Å². The first-order chi connectivity index (χ1) is 14.3. The molecule has 4 nitrogen and oxygen atoms in total. The zero-order valence-electron chi connectivity index (χ0n) is 17.2. The Hall–Kier alpha value is -2.48. The van der Waals surface area contributed by atoms with Crippen LogP contribution in [0.2, 0.25) is 0 Å². The highest BCUT2D eigenvalue weighted by molar-refractivity contribution is 6.55. The molecule has 2 rings (SSSR count). The van der Waals surface area contributed by atoms with Crippen molar-refractivity contribution in [2.24, 2.45) is 17.8 Å². The van der Waals surface area contributed by atoms with Gasteiger partial charge in [0.2, 0.25) is 6.10 Å². The number of carbonyl (C=O) groups excluding carboxylic acids is 1. The lowest BCUT2D eigenvalue weighted by molar-refractivity contribution is -0.153. The molecule has 0 fully saturated rings. The van der Waals surface area contributed by atoms with Gasteiger partial charge in [-0.15, -0.1) is 0 Å². The Labute approximate surface area is 188 Å². The fourth-order valence-electron chi connectivity index (χ4n) is 3.09. The summed E-state index contributed by atoms with van der Waals surface area (Å²) < 4.78 is 11.5. The Kier molecular flexibility index (Phi) is 9.23. The van der Waals surface area contributed by atoms with Gasteiger partial charge >= 0.3 is 5.97 Å². The van der Waals surface area contributed by atoms with Crippen LogP contribution in [0.1, 0.15) is 38.9 Å². The number of nitriles is 1. The Morgan fingerprint density at radius 2 is 1.73 bits per heavy atom. The van der Waals surface area contributed by atoms with Crippen LogP contribution in [-0.4, -0.2) is 5.97 Å². The van der Waals surface area contributed by atoms with E-state index < -0.39 is 18.0 Å². The molecule has 0 radical (unpaired) electrons. The normalized spacial score (nSPS) is 13.6. The molecule has 2 aromatic carbocycles. The van der Waals surface area contributed by atoms with Crippen LogP contribution in [0.3, 0.4) is 0 Å². The molecular weight excluding hydrogens is 421 g/mol. The third kappa shape index (κ3) is 7.40. The van der Waals surface area contributed by atoms with Gasteiger partial charge in [0.1, 0.15) is 22.1 Å². The number of nitrogens with zero attached hydrogens (tertiary/aromatic N) is 1. The molecule has 3 unspecified atom stereocenters. The number of carbonyl (C=O) groups is 1.